The van der Waals surface area contributed by atoms with Crippen LogP contribution < -0.4 is 10.4 Å². The smallest absolute Gasteiger partial charge is 0.323 e. The first kappa shape index (κ1) is 26.9. The molecule has 1 aromatic rings. The van der Waals surface area contributed by atoms with Crippen molar-refractivity contribution >= 4 is 17.6 Å². The van der Waals surface area contributed by atoms with Crippen LogP contribution in [0.2, 0.25) is 0 Å². The molecule has 0 aromatic heterocycles. The second kappa shape index (κ2) is 9.48. The minimum atomic E-state index is -1.47. The van der Waals surface area contributed by atoms with Crippen molar-refractivity contribution in [1.82, 2.24) is 5.32 Å². The third kappa shape index (κ3) is 4.07. The van der Waals surface area contributed by atoms with Crippen molar-refractivity contribution < 1.29 is 34.1 Å². The number of carbonyl (C=O) groups is 2. The molecule has 2 fully saturated rings. The summed E-state index contributed by atoms with van der Waals surface area (Å²) in [6.45, 7) is 11.2. The molecule has 38 heavy (non-hydrogen) atoms. The van der Waals surface area contributed by atoms with Gasteiger partial charge in [-0.05, 0) is 50.2 Å². The van der Waals surface area contributed by atoms with Crippen LogP contribution in [0.4, 0.5) is 5.69 Å². The SMILES string of the molecule is C=C(C)[C@@H]1CC[C@@H](C)[C@@]2(O)[C@@H]1C=C(C)[C@H](OC(C)=O)[C@@H]2OC(=O)[C@@H]1C[C@@]2(O)c3ccccc3N(C)O[C@H]2N1. The largest absolute Gasteiger partial charge is 0.454 e. The Morgan fingerprint density at radius 2 is 1.89 bits per heavy atom. The average Bonchev–Trinajstić information content (AvgIpc) is 3.21. The summed E-state index contributed by atoms with van der Waals surface area (Å²) in [7, 11) is 1.74. The van der Waals surface area contributed by atoms with E-state index in [1.54, 1.807) is 12.1 Å². The molecule has 0 spiro atoms. The van der Waals surface area contributed by atoms with Crippen molar-refractivity contribution in [2.24, 2.45) is 17.8 Å². The lowest BCUT2D eigenvalue weighted by atomic mass is 9.56. The van der Waals surface area contributed by atoms with E-state index < -0.39 is 47.6 Å². The second-order valence-electron chi connectivity index (χ2n) is 11.5. The first-order chi connectivity index (χ1) is 17.9. The maximum absolute atomic E-state index is 13.7. The molecule has 0 unspecified atom stereocenters. The highest BCUT2D eigenvalue weighted by Gasteiger charge is 2.61. The van der Waals surface area contributed by atoms with Gasteiger partial charge in [0.25, 0.3) is 0 Å². The quantitative estimate of drug-likeness (QED) is 0.402. The van der Waals surface area contributed by atoms with E-state index >= 15 is 0 Å². The van der Waals surface area contributed by atoms with E-state index in [1.807, 2.05) is 51.1 Å². The number of hydrogen-bond acceptors (Lipinski definition) is 9. The Labute approximate surface area is 223 Å². The Bertz CT molecular complexity index is 1180. The number of rotatable bonds is 4. The van der Waals surface area contributed by atoms with Crippen LogP contribution in [0.3, 0.4) is 0 Å². The van der Waals surface area contributed by atoms with Crippen LogP contribution in [0.15, 0.2) is 48.1 Å². The average molecular weight is 527 g/mol. The van der Waals surface area contributed by atoms with Gasteiger partial charge in [-0.1, -0.05) is 43.4 Å². The number of anilines is 1. The van der Waals surface area contributed by atoms with Crippen LogP contribution >= 0.6 is 0 Å². The molecular weight excluding hydrogens is 488 g/mol. The highest BCUT2D eigenvalue weighted by atomic mass is 16.7. The van der Waals surface area contributed by atoms with Gasteiger partial charge in [-0.3, -0.25) is 24.8 Å². The number of allylic oxidation sites excluding steroid dienone is 1. The number of carbonyl (C=O) groups excluding carboxylic acids is 2. The molecule has 1 aromatic carbocycles. The van der Waals surface area contributed by atoms with Gasteiger partial charge in [-0.25, -0.2) is 0 Å². The van der Waals surface area contributed by atoms with Crippen molar-refractivity contribution in [3.8, 4) is 0 Å². The highest BCUT2D eigenvalue weighted by molar-refractivity contribution is 5.77. The van der Waals surface area contributed by atoms with Gasteiger partial charge in [0.15, 0.2) is 18.4 Å². The van der Waals surface area contributed by atoms with Gasteiger partial charge < -0.3 is 19.7 Å². The number of para-hydroxylation sites is 1. The van der Waals surface area contributed by atoms with E-state index in [4.69, 9.17) is 14.3 Å². The molecule has 5 rings (SSSR count). The number of benzene rings is 1. The van der Waals surface area contributed by atoms with Gasteiger partial charge in [-0.2, -0.15) is 0 Å². The van der Waals surface area contributed by atoms with E-state index in [1.165, 1.54) is 6.92 Å². The zero-order valence-electron chi connectivity index (χ0n) is 22.6. The lowest BCUT2D eigenvalue weighted by molar-refractivity contribution is -0.221. The van der Waals surface area contributed by atoms with Crippen molar-refractivity contribution in [1.29, 1.82) is 0 Å². The third-order valence-electron chi connectivity index (χ3n) is 9.02. The lowest BCUT2D eigenvalue weighted by Gasteiger charge is -2.55. The van der Waals surface area contributed by atoms with Crippen LogP contribution in [-0.2, 0) is 29.5 Å². The summed E-state index contributed by atoms with van der Waals surface area (Å²) >= 11 is 0. The normalized spacial score (nSPS) is 39.8. The van der Waals surface area contributed by atoms with Crippen molar-refractivity contribution in [2.45, 2.75) is 82.6 Å². The predicted molar refractivity (Wildman–Crippen MR) is 139 cm³/mol. The topological polar surface area (TPSA) is 118 Å². The molecule has 9 atom stereocenters. The summed E-state index contributed by atoms with van der Waals surface area (Å²) in [5.41, 5.74) is 0.113. The van der Waals surface area contributed by atoms with Crippen LogP contribution in [0.5, 0.6) is 0 Å². The monoisotopic (exact) mass is 526 g/mol. The van der Waals surface area contributed by atoms with Gasteiger partial charge >= 0.3 is 11.9 Å². The molecule has 9 nitrogen and oxygen atoms in total. The van der Waals surface area contributed by atoms with Gasteiger partial charge in [0, 0.05) is 31.9 Å². The molecule has 2 aliphatic heterocycles. The summed E-state index contributed by atoms with van der Waals surface area (Å²) in [6.07, 6.45) is 0.619. The number of hydroxylamine groups is 1. The fraction of sp³-hybridized carbons (Fsp3) is 0.586. The fourth-order valence-electron chi connectivity index (χ4n) is 6.97. The molecule has 0 radical (unpaired) electrons. The maximum Gasteiger partial charge on any atom is 0.323 e. The van der Waals surface area contributed by atoms with Gasteiger partial charge in [-0.15, -0.1) is 0 Å². The van der Waals surface area contributed by atoms with Gasteiger partial charge in [0.1, 0.15) is 17.2 Å². The Hall–Kier alpha value is -2.72. The minimum absolute atomic E-state index is 0.000690. The van der Waals surface area contributed by atoms with Gasteiger partial charge in [0.2, 0.25) is 0 Å². The molecule has 3 N–H and O–H groups in total. The molecule has 1 saturated carbocycles. The Morgan fingerprint density at radius 1 is 1.18 bits per heavy atom. The number of aliphatic hydroxyl groups is 2. The number of nitrogens with zero attached hydrogens (tertiary/aromatic N) is 1. The number of nitrogens with one attached hydrogen (secondary N) is 1. The Balaban J connectivity index is 1.47. The van der Waals surface area contributed by atoms with E-state index in [0.29, 0.717) is 17.7 Å². The van der Waals surface area contributed by atoms with E-state index in [-0.39, 0.29) is 24.2 Å². The van der Waals surface area contributed by atoms with E-state index in [9.17, 15) is 19.8 Å². The number of ether oxygens (including phenoxy) is 2. The third-order valence-corrected chi connectivity index (χ3v) is 9.02. The molecule has 2 heterocycles. The van der Waals surface area contributed by atoms with E-state index in [0.717, 1.165) is 17.6 Å². The first-order valence-electron chi connectivity index (χ1n) is 13.3. The Kier molecular flexibility index (Phi) is 6.70. The number of esters is 2. The maximum atomic E-state index is 13.7. The molecule has 9 heteroatoms. The molecular formula is C29H38N2O7. The van der Waals surface area contributed by atoms with Crippen molar-refractivity contribution in [2.75, 3.05) is 12.1 Å². The molecule has 0 amide bonds. The van der Waals surface area contributed by atoms with Crippen molar-refractivity contribution in [3.05, 3.63) is 53.6 Å². The summed E-state index contributed by atoms with van der Waals surface area (Å²) < 4.78 is 11.8. The standard InChI is InChI=1S/C29H38N2O7/c1-15(2)19-12-11-17(4)29(35)21(19)13-16(3)24(36-18(5)32)25(29)37-26(33)22-14-28(34)20-9-7-8-10-23(20)31(6)38-27(28)30-22/h7-10,13,17,19,21-22,24-25,27,30,34-35H,1,11-12,14H2,2-6H3/t17-,19+,21-,22+,24+,25+,27-,28-,29-/m1/s1. The van der Waals surface area contributed by atoms with Crippen molar-refractivity contribution in [3.63, 3.8) is 0 Å². The molecule has 1 saturated heterocycles. The summed E-state index contributed by atoms with van der Waals surface area (Å²) in [4.78, 5) is 31.7. The van der Waals surface area contributed by atoms with Crippen LogP contribution in [0, 0.1) is 17.8 Å². The molecule has 0 bridgehead atoms. The van der Waals surface area contributed by atoms with Crippen LogP contribution in [-0.4, -0.2) is 59.3 Å². The summed E-state index contributed by atoms with van der Waals surface area (Å²) in [5, 5.41) is 28.6. The van der Waals surface area contributed by atoms with Crippen LogP contribution in [0.25, 0.3) is 0 Å². The zero-order chi connectivity index (χ0) is 27.6. The Morgan fingerprint density at radius 3 is 2.58 bits per heavy atom. The van der Waals surface area contributed by atoms with Crippen LogP contribution in [0.1, 0.15) is 52.5 Å². The van der Waals surface area contributed by atoms with Gasteiger partial charge in [0.05, 0.1) is 5.69 Å². The van der Waals surface area contributed by atoms with E-state index in [2.05, 4.69) is 11.9 Å². The number of hydrogen-bond donors (Lipinski definition) is 3. The first-order valence-corrected chi connectivity index (χ1v) is 13.3. The molecule has 2 aliphatic carbocycles. The summed E-state index contributed by atoms with van der Waals surface area (Å²) in [6, 6.07) is 6.43. The lowest BCUT2D eigenvalue weighted by Crippen LogP contribution is -2.66. The fourth-order valence-corrected chi connectivity index (χ4v) is 6.97. The predicted octanol–water partition coefficient (Wildman–Crippen LogP) is 2.72. The summed E-state index contributed by atoms with van der Waals surface area (Å²) in [5.74, 6) is -1.75. The molecule has 4 aliphatic rings. The zero-order valence-corrected chi connectivity index (χ0v) is 22.6. The minimum Gasteiger partial charge on any atom is -0.454 e. The second-order valence-corrected chi connectivity index (χ2v) is 11.5. The highest BCUT2D eigenvalue weighted by Crippen LogP contribution is 2.52. The number of fused-ring (bicyclic) bond motifs is 4. The molecule has 206 valence electrons.